The number of methoxy groups -OCH3 is 1. The number of halogens is 1. The zero-order valence-electron chi connectivity index (χ0n) is 11.5. The molecule has 3 rings (SSSR count). The smallest absolute Gasteiger partial charge is 0.140 e. The zero-order valence-corrected chi connectivity index (χ0v) is 13.9. The Morgan fingerprint density at radius 2 is 2.00 bits per heavy atom. The molecule has 3 N–H and O–H groups in total. The Bertz CT molecular complexity index is 625. The Morgan fingerprint density at radius 3 is 2.81 bits per heavy atom. The molecule has 0 aromatic heterocycles. The number of thioether (sulfide) groups is 1. The van der Waals surface area contributed by atoms with Crippen molar-refractivity contribution in [2.45, 2.75) is 10.9 Å². The summed E-state index contributed by atoms with van der Waals surface area (Å²) in [7, 11) is 1.68. The van der Waals surface area contributed by atoms with Gasteiger partial charge in [-0.3, -0.25) is 0 Å². The van der Waals surface area contributed by atoms with E-state index in [0.29, 0.717) is 0 Å². The van der Waals surface area contributed by atoms with Crippen molar-refractivity contribution in [1.82, 2.24) is 10.9 Å². The number of rotatable bonds is 4. The summed E-state index contributed by atoms with van der Waals surface area (Å²) in [6.45, 7) is 0. The third-order valence-corrected chi connectivity index (χ3v) is 4.80. The first-order valence-corrected chi connectivity index (χ1v) is 8.31. The maximum Gasteiger partial charge on any atom is 0.140 e. The van der Waals surface area contributed by atoms with E-state index < -0.39 is 0 Å². The van der Waals surface area contributed by atoms with Crippen LogP contribution in [0.5, 0.6) is 5.75 Å². The molecule has 1 saturated heterocycles. The number of benzene rings is 2. The minimum Gasteiger partial charge on any atom is -0.497 e. The summed E-state index contributed by atoms with van der Waals surface area (Å²) < 4.78 is 6.33. The molecule has 110 valence electrons. The highest BCUT2D eigenvalue weighted by atomic mass is 79.9. The lowest BCUT2D eigenvalue weighted by atomic mass is 10.2. The molecule has 0 amide bonds. The first-order valence-electron chi connectivity index (χ1n) is 6.57. The molecule has 0 radical (unpaired) electrons. The molecular formula is C15H16BrN3OS. The van der Waals surface area contributed by atoms with E-state index >= 15 is 0 Å². The molecule has 0 aliphatic carbocycles. The van der Waals surface area contributed by atoms with Crippen LogP contribution >= 0.6 is 27.7 Å². The van der Waals surface area contributed by atoms with Crippen molar-refractivity contribution < 1.29 is 4.74 Å². The molecule has 6 heteroatoms. The van der Waals surface area contributed by atoms with E-state index in [1.807, 2.05) is 36.4 Å². The minimum atomic E-state index is 0.107. The Balaban J connectivity index is 1.65. The van der Waals surface area contributed by atoms with Crippen LogP contribution < -0.4 is 20.9 Å². The van der Waals surface area contributed by atoms with Gasteiger partial charge >= 0.3 is 0 Å². The van der Waals surface area contributed by atoms with E-state index in [1.54, 1.807) is 18.9 Å². The molecule has 4 nitrogen and oxygen atoms in total. The van der Waals surface area contributed by atoms with Gasteiger partial charge in [-0.15, -0.1) is 0 Å². The zero-order chi connectivity index (χ0) is 14.7. The molecule has 0 saturated carbocycles. The quantitative estimate of drug-likeness (QED) is 0.770. The fraction of sp³-hybridized carbons (Fsp3) is 0.200. The summed E-state index contributed by atoms with van der Waals surface area (Å²) in [6, 6.07) is 16.2. The number of anilines is 1. The van der Waals surface area contributed by atoms with Gasteiger partial charge in [-0.1, -0.05) is 45.9 Å². The van der Waals surface area contributed by atoms with Gasteiger partial charge in [-0.25, -0.2) is 10.9 Å². The Hall–Kier alpha value is -1.21. The van der Waals surface area contributed by atoms with Crippen LogP contribution in [-0.2, 0) is 0 Å². The first kappa shape index (κ1) is 14.7. The Labute approximate surface area is 136 Å². The van der Waals surface area contributed by atoms with Gasteiger partial charge in [-0.2, -0.15) is 0 Å². The maximum atomic E-state index is 5.27. The average Bonchev–Trinajstić information content (AvgIpc) is 2.96. The topological polar surface area (TPSA) is 45.3 Å². The molecule has 2 aromatic carbocycles. The second-order valence-electron chi connectivity index (χ2n) is 4.62. The largest absolute Gasteiger partial charge is 0.497 e. The number of ether oxygens (including phenoxy) is 1. The van der Waals surface area contributed by atoms with E-state index in [2.05, 4.69) is 44.2 Å². The highest BCUT2D eigenvalue weighted by molar-refractivity contribution is 9.10. The summed E-state index contributed by atoms with van der Waals surface area (Å²) in [4.78, 5) is 0. The van der Waals surface area contributed by atoms with Crippen molar-refractivity contribution >= 4 is 33.4 Å². The lowest BCUT2D eigenvalue weighted by Gasteiger charge is -2.13. The fourth-order valence-corrected chi connectivity index (χ4v) is 3.57. The van der Waals surface area contributed by atoms with Gasteiger partial charge in [0.2, 0.25) is 0 Å². The molecule has 0 spiro atoms. The predicted octanol–water partition coefficient (Wildman–Crippen LogP) is 3.69. The van der Waals surface area contributed by atoms with E-state index in [9.17, 15) is 0 Å². The van der Waals surface area contributed by atoms with Crippen LogP contribution in [0.3, 0.4) is 0 Å². The van der Waals surface area contributed by atoms with Gasteiger partial charge in [0.1, 0.15) is 11.2 Å². The van der Waals surface area contributed by atoms with E-state index in [-0.39, 0.29) is 10.9 Å². The van der Waals surface area contributed by atoms with Crippen LogP contribution in [0.15, 0.2) is 53.0 Å². The van der Waals surface area contributed by atoms with Crippen LogP contribution in [0, 0.1) is 0 Å². The Morgan fingerprint density at radius 1 is 1.14 bits per heavy atom. The van der Waals surface area contributed by atoms with Crippen molar-refractivity contribution in [3.8, 4) is 5.75 Å². The van der Waals surface area contributed by atoms with E-state index in [1.165, 1.54) is 5.56 Å². The summed E-state index contributed by atoms with van der Waals surface area (Å²) in [6.07, 6.45) is 0. The SMILES string of the molecule is COc1cccc(C2NNC(Nc3cccc(Br)c3)S2)c1. The van der Waals surface area contributed by atoms with Gasteiger partial charge in [-0.05, 0) is 35.9 Å². The van der Waals surface area contributed by atoms with Crippen molar-refractivity contribution in [3.63, 3.8) is 0 Å². The number of nitrogens with one attached hydrogen (secondary N) is 3. The van der Waals surface area contributed by atoms with Crippen LogP contribution in [0.2, 0.25) is 0 Å². The third kappa shape index (κ3) is 3.71. The minimum absolute atomic E-state index is 0.107. The average molecular weight is 366 g/mol. The van der Waals surface area contributed by atoms with E-state index in [0.717, 1.165) is 15.9 Å². The molecule has 0 bridgehead atoms. The van der Waals surface area contributed by atoms with Crippen LogP contribution in [0.4, 0.5) is 5.69 Å². The standard InChI is InChI=1S/C15H16BrN3OS/c1-20-13-7-2-4-10(8-13)14-18-19-15(21-14)17-12-6-3-5-11(16)9-12/h2-9,14-15,17-19H,1H3. The number of hydrogen-bond acceptors (Lipinski definition) is 5. The fourth-order valence-electron chi connectivity index (χ4n) is 2.12. The summed E-state index contributed by atoms with van der Waals surface area (Å²) >= 11 is 5.26. The van der Waals surface area contributed by atoms with Crippen molar-refractivity contribution in [1.29, 1.82) is 0 Å². The lowest BCUT2D eigenvalue weighted by Crippen LogP contribution is -2.35. The van der Waals surface area contributed by atoms with Gasteiger partial charge in [0.25, 0.3) is 0 Å². The third-order valence-electron chi connectivity index (χ3n) is 3.14. The summed E-state index contributed by atoms with van der Waals surface area (Å²) in [5.74, 6) is 0.873. The van der Waals surface area contributed by atoms with Crippen LogP contribution in [0.25, 0.3) is 0 Å². The second kappa shape index (κ2) is 6.70. The number of hydrogen-bond donors (Lipinski definition) is 3. The van der Waals surface area contributed by atoms with Crippen molar-refractivity contribution in [2.75, 3.05) is 12.4 Å². The summed E-state index contributed by atoms with van der Waals surface area (Å²) in [5.41, 5.74) is 8.91. The normalized spacial score (nSPS) is 21.2. The molecule has 2 unspecified atom stereocenters. The molecule has 1 aliphatic rings. The van der Waals surface area contributed by atoms with Gasteiger partial charge in [0, 0.05) is 10.2 Å². The predicted molar refractivity (Wildman–Crippen MR) is 91.2 cm³/mol. The first-order chi connectivity index (χ1) is 10.2. The highest BCUT2D eigenvalue weighted by Gasteiger charge is 2.25. The lowest BCUT2D eigenvalue weighted by molar-refractivity contribution is 0.414. The van der Waals surface area contributed by atoms with Gasteiger partial charge in [0.05, 0.1) is 12.5 Å². The second-order valence-corrected chi connectivity index (χ2v) is 6.75. The van der Waals surface area contributed by atoms with Crippen molar-refractivity contribution in [3.05, 3.63) is 58.6 Å². The number of hydrazine groups is 1. The molecular weight excluding hydrogens is 350 g/mol. The van der Waals surface area contributed by atoms with Crippen LogP contribution in [-0.4, -0.2) is 12.6 Å². The van der Waals surface area contributed by atoms with Crippen LogP contribution in [0.1, 0.15) is 10.9 Å². The maximum absolute atomic E-state index is 5.27. The highest BCUT2D eigenvalue weighted by Crippen LogP contribution is 2.34. The van der Waals surface area contributed by atoms with Gasteiger partial charge < -0.3 is 10.1 Å². The summed E-state index contributed by atoms with van der Waals surface area (Å²) in [5, 5.41) is 3.62. The molecule has 1 fully saturated rings. The molecule has 2 aromatic rings. The monoisotopic (exact) mass is 365 g/mol. The molecule has 2 atom stereocenters. The molecule has 1 aliphatic heterocycles. The van der Waals surface area contributed by atoms with Crippen molar-refractivity contribution in [2.24, 2.45) is 0 Å². The molecule has 1 heterocycles. The molecule has 21 heavy (non-hydrogen) atoms. The van der Waals surface area contributed by atoms with Gasteiger partial charge in [0.15, 0.2) is 0 Å². The van der Waals surface area contributed by atoms with E-state index in [4.69, 9.17) is 4.74 Å². The Kier molecular flexibility index (Phi) is 4.70.